The normalized spacial score (nSPS) is 18.4. The molecule has 0 aromatic rings. The van der Waals surface area contributed by atoms with E-state index in [1.54, 1.807) is 7.11 Å². The van der Waals surface area contributed by atoms with Crippen LogP contribution >= 0.6 is 0 Å². The molecule has 1 fully saturated rings. The predicted molar refractivity (Wildman–Crippen MR) is 63.7 cm³/mol. The van der Waals surface area contributed by atoms with Crippen LogP contribution in [0.2, 0.25) is 0 Å². The Morgan fingerprint density at radius 2 is 2.00 bits per heavy atom. The maximum absolute atomic E-state index is 5.38. The molecule has 96 valence electrons. The molecule has 4 nitrogen and oxygen atoms in total. The number of methoxy groups -OCH3 is 1. The third-order valence-corrected chi connectivity index (χ3v) is 2.78. The number of hydrogen-bond donors (Lipinski definition) is 1. The summed E-state index contributed by atoms with van der Waals surface area (Å²) in [5.74, 6) is 0. The first-order chi connectivity index (χ1) is 7.77. The average molecular weight is 231 g/mol. The van der Waals surface area contributed by atoms with Crippen molar-refractivity contribution in [3.05, 3.63) is 0 Å². The van der Waals surface area contributed by atoms with E-state index in [9.17, 15) is 0 Å². The van der Waals surface area contributed by atoms with Crippen LogP contribution in [0.15, 0.2) is 0 Å². The fourth-order valence-corrected chi connectivity index (χ4v) is 1.64. The summed E-state index contributed by atoms with van der Waals surface area (Å²) >= 11 is 0. The van der Waals surface area contributed by atoms with Gasteiger partial charge in [0.1, 0.15) is 0 Å². The van der Waals surface area contributed by atoms with E-state index in [2.05, 4.69) is 12.2 Å². The number of hydrogen-bond acceptors (Lipinski definition) is 4. The second-order valence-corrected chi connectivity index (χ2v) is 4.79. The molecule has 0 atom stereocenters. The van der Waals surface area contributed by atoms with Crippen LogP contribution in [-0.4, -0.2) is 53.2 Å². The first-order valence-corrected chi connectivity index (χ1v) is 6.12. The van der Waals surface area contributed by atoms with Crippen molar-refractivity contribution in [2.45, 2.75) is 19.8 Å². The molecule has 0 spiro atoms. The van der Waals surface area contributed by atoms with Gasteiger partial charge in [-0.15, -0.1) is 0 Å². The van der Waals surface area contributed by atoms with E-state index in [0.29, 0.717) is 18.6 Å². The van der Waals surface area contributed by atoms with Gasteiger partial charge in [-0.05, 0) is 19.4 Å². The summed E-state index contributed by atoms with van der Waals surface area (Å²) < 4.78 is 15.5. The molecule has 1 N–H and O–H groups in total. The van der Waals surface area contributed by atoms with Gasteiger partial charge in [0.25, 0.3) is 0 Å². The maximum atomic E-state index is 5.38. The highest BCUT2D eigenvalue weighted by Crippen LogP contribution is 2.24. The zero-order valence-electron chi connectivity index (χ0n) is 10.6. The molecular weight excluding hydrogens is 206 g/mol. The van der Waals surface area contributed by atoms with E-state index in [-0.39, 0.29) is 0 Å². The fourth-order valence-electron chi connectivity index (χ4n) is 1.64. The molecule has 0 radical (unpaired) electrons. The molecule has 1 rings (SSSR count). The summed E-state index contributed by atoms with van der Waals surface area (Å²) in [5.41, 5.74) is 0.384. The largest absolute Gasteiger partial charge is 0.382 e. The molecule has 0 bridgehead atoms. The Labute approximate surface area is 98.6 Å². The first kappa shape index (κ1) is 13.9. The Balaban J connectivity index is 1.74. The molecule has 0 aliphatic carbocycles. The number of rotatable bonds is 10. The summed E-state index contributed by atoms with van der Waals surface area (Å²) in [7, 11) is 1.69. The van der Waals surface area contributed by atoms with Crippen molar-refractivity contribution in [1.29, 1.82) is 0 Å². The molecule has 4 heteroatoms. The lowest BCUT2D eigenvalue weighted by molar-refractivity contribution is -0.0989. The molecule has 1 heterocycles. The molecule has 0 amide bonds. The molecule has 1 saturated heterocycles. The van der Waals surface area contributed by atoms with E-state index in [0.717, 1.165) is 39.3 Å². The minimum Gasteiger partial charge on any atom is -0.382 e. The van der Waals surface area contributed by atoms with Gasteiger partial charge < -0.3 is 19.5 Å². The Bertz CT molecular complexity index is 172. The molecule has 0 saturated carbocycles. The van der Waals surface area contributed by atoms with Crippen molar-refractivity contribution in [3.8, 4) is 0 Å². The Morgan fingerprint density at radius 1 is 1.19 bits per heavy atom. The minimum atomic E-state index is 0.384. The number of nitrogens with one attached hydrogen (secondary N) is 1. The van der Waals surface area contributed by atoms with Crippen LogP contribution in [0.25, 0.3) is 0 Å². The zero-order chi connectivity index (χ0) is 11.7. The third kappa shape index (κ3) is 5.80. The van der Waals surface area contributed by atoms with Crippen LogP contribution in [0.3, 0.4) is 0 Å². The fraction of sp³-hybridized carbons (Fsp3) is 1.00. The van der Waals surface area contributed by atoms with Gasteiger partial charge in [-0.2, -0.15) is 0 Å². The van der Waals surface area contributed by atoms with E-state index in [1.165, 1.54) is 6.42 Å². The lowest BCUT2D eigenvalue weighted by Gasteiger charge is -2.38. The van der Waals surface area contributed by atoms with Crippen molar-refractivity contribution in [2.24, 2.45) is 5.41 Å². The van der Waals surface area contributed by atoms with Crippen LogP contribution in [0, 0.1) is 5.41 Å². The minimum absolute atomic E-state index is 0.384. The second kappa shape index (κ2) is 8.01. The Kier molecular flexibility index (Phi) is 6.96. The van der Waals surface area contributed by atoms with Gasteiger partial charge in [0.2, 0.25) is 0 Å². The van der Waals surface area contributed by atoms with Gasteiger partial charge in [-0.25, -0.2) is 0 Å². The average Bonchev–Trinajstić information content (AvgIpc) is 2.24. The summed E-state index contributed by atoms with van der Waals surface area (Å²) in [6.45, 7) is 8.44. The van der Waals surface area contributed by atoms with E-state index >= 15 is 0 Å². The summed E-state index contributed by atoms with van der Waals surface area (Å²) in [4.78, 5) is 0. The van der Waals surface area contributed by atoms with Gasteiger partial charge in [-0.3, -0.25) is 0 Å². The topological polar surface area (TPSA) is 39.7 Å². The molecule has 0 aromatic heterocycles. The van der Waals surface area contributed by atoms with Crippen LogP contribution < -0.4 is 5.32 Å². The summed E-state index contributed by atoms with van der Waals surface area (Å²) in [6.07, 6.45) is 2.29. The van der Waals surface area contributed by atoms with Gasteiger partial charge in [-0.1, -0.05) is 6.92 Å². The van der Waals surface area contributed by atoms with E-state index < -0.39 is 0 Å². The Morgan fingerprint density at radius 3 is 2.62 bits per heavy atom. The molecule has 1 aliphatic rings. The van der Waals surface area contributed by atoms with Crippen molar-refractivity contribution >= 4 is 0 Å². The lowest BCUT2D eigenvalue weighted by atomic mass is 9.89. The highest BCUT2D eigenvalue weighted by molar-refractivity contribution is 4.82. The maximum Gasteiger partial charge on any atom is 0.0700 e. The van der Waals surface area contributed by atoms with Crippen LogP contribution in [0.1, 0.15) is 19.8 Å². The molecule has 0 unspecified atom stereocenters. The number of ether oxygens (including phenoxy) is 3. The van der Waals surface area contributed by atoms with Gasteiger partial charge in [0.05, 0.1) is 26.4 Å². The van der Waals surface area contributed by atoms with Crippen LogP contribution in [0.5, 0.6) is 0 Å². The third-order valence-electron chi connectivity index (χ3n) is 2.78. The monoisotopic (exact) mass is 231 g/mol. The Hall–Kier alpha value is -0.160. The quantitative estimate of drug-likeness (QED) is 0.571. The van der Waals surface area contributed by atoms with Crippen molar-refractivity contribution in [2.75, 3.05) is 53.2 Å². The van der Waals surface area contributed by atoms with Gasteiger partial charge in [0, 0.05) is 25.7 Å². The molecule has 1 aliphatic heterocycles. The SMILES string of the molecule is COCCOCCCCNCC1(C)COC1. The van der Waals surface area contributed by atoms with Crippen molar-refractivity contribution in [1.82, 2.24) is 5.32 Å². The number of unbranched alkanes of at least 4 members (excludes halogenated alkanes) is 1. The van der Waals surface area contributed by atoms with Gasteiger partial charge in [0.15, 0.2) is 0 Å². The van der Waals surface area contributed by atoms with Gasteiger partial charge >= 0.3 is 0 Å². The summed E-state index contributed by atoms with van der Waals surface area (Å²) in [5, 5.41) is 3.47. The second-order valence-electron chi connectivity index (χ2n) is 4.79. The zero-order valence-corrected chi connectivity index (χ0v) is 10.6. The van der Waals surface area contributed by atoms with Crippen molar-refractivity contribution < 1.29 is 14.2 Å². The molecule has 16 heavy (non-hydrogen) atoms. The van der Waals surface area contributed by atoms with Crippen LogP contribution in [0.4, 0.5) is 0 Å². The highest BCUT2D eigenvalue weighted by atomic mass is 16.5. The molecular formula is C12H25NO3. The first-order valence-electron chi connectivity index (χ1n) is 6.12. The van der Waals surface area contributed by atoms with E-state index in [4.69, 9.17) is 14.2 Å². The van der Waals surface area contributed by atoms with E-state index in [1.807, 2.05) is 0 Å². The lowest BCUT2D eigenvalue weighted by Crippen LogP contribution is -2.47. The summed E-state index contributed by atoms with van der Waals surface area (Å²) in [6, 6.07) is 0. The van der Waals surface area contributed by atoms with Crippen LogP contribution in [-0.2, 0) is 14.2 Å². The predicted octanol–water partition coefficient (Wildman–Crippen LogP) is 1.06. The smallest absolute Gasteiger partial charge is 0.0700 e. The standard InChI is InChI=1S/C12H25NO3/c1-12(10-16-11-12)9-13-5-3-4-6-15-8-7-14-2/h13H,3-11H2,1-2H3. The highest BCUT2D eigenvalue weighted by Gasteiger charge is 2.32. The van der Waals surface area contributed by atoms with Crippen molar-refractivity contribution in [3.63, 3.8) is 0 Å². The molecule has 0 aromatic carbocycles.